The van der Waals surface area contributed by atoms with Gasteiger partial charge in [-0.3, -0.25) is 14.9 Å². The lowest BCUT2D eigenvalue weighted by Gasteiger charge is -2.30. The standard InChI is InChI=1S/C29H32ClF2N5O5/c1-36(26(38)10-8-19-4-3-7-23(32)28(19)30)22(9-11-27(39)37-14-12-33-13-15-37)18-41-29(40)34-25-17-24(35-42-25)20-5-2-6-21(31)16-20/h2-7,16-17,22,33H,8-15,18H2,1H3,(H,34,40)/t22-/m0/s1. The van der Waals surface area contributed by atoms with Crippen molar-refractivity contribution in [3.63, 3.8) is 0 Å². The van der Waals surface area contributed by atoms with Gasteiger partial charge in [-0.25, -0.2) is 13.6 Å². The van der Waals surface area contributed by atoms with Crippen molar-refractivity contribution in [2.75, 3.05) is 45.2 Å². The van der Waals surface area contributed by atoms with E-state index in [1.807, 2.05) is 0 Å². The number of carbonyl (C=O) groups is 3. The third-order valence-corrected chi connectivity index (χ3v) is 7.43. The molecule has 2 heterocycles. The molecule has 1 saturated heterocycles. The second-order valence-electron chi connectivity index (χ2n) is 9.85. The molecule has 42 heavy (non-hydrogen) atoms. The van der Waals surface area contributed by atoms with Crippen molar-refractivity contribution in [3.8, 4) is 11.3 Å². The van der Waals surface area contributed by atoms with Crippen molar-refractivity contribution in [1.29, 1.82) is 0 Å². The molecule has 1 aromatic heterocycles. The molecule has 2 N–H and O–H groups in total. The zero-order valence-electron chi connectivity index (χ0n) is 23.1. The van der Waals surface area contributed by atoms with E-state index in [0.29, 0.717) is 43.0 Å². The van der Waals surface area contributed by atoms with Crippen LogP contribution in [0.4, 0.5) is 19.5 Å². The zero-order chi connectivity index (χ0) is 30.1. The Morgan fingerprint density at radius 2 is 1.90 bits per heavy atom. The highest BCUT2D eigenvalue weighted by molar-refractivity contribution is 6.31. The fourth-order valence-corrected chi connectivity index (χ4v) is 4.76. The highest BCUT2D eigenvalue weighted by atomic mass is 35.5. The number of rotatable bonds is 11. The second-order valence-corrected chi connectivity index (χ2v) is 10.2. The monoisotopic (exact) mass is 603 g/mol. The lowest BCUT2D eigenvalue weighted by molar-refractivity contribution is -0.135. The maximum absolute atomic E-state index is 13.8. The molecule has 2 aromatic carbocycles. The number of anilines is 1. The summed E-state index contributed by atoms with van der Waals surface area (Å²) in [6.45, 7) is 2.42. The van der Waals surface area contributed by atoms with Gasteiger partial charge in [-0.1, -0.05) is 41.0 Å². The third kappa shape index (κ3) is 8.49. The number of nitrogens with zero attached hydrogens (tertiary/aromatic N) is 3. The highest BCUT2D eigenvalue weighted by Gasteiger charge is 2.25. The van der Waals surface area contributed by atoms with Crippen LogP contribution >= 0.6 is 11.6 Å². The second kappa shape index (κ2) is 14.7. The quantitative estimate of drug-likeness (QED) is 0.332. The summed E-state index contributed by atoms with van der Waals surface area (Å²) in [5.41, 5.74) is 1.29. The number of likely N-dealkylation sites (N-methyl/N-ethyl adjacent to an activating group) is 1. The average Bonchev–Trinajstić information content (AvgIpc) is 3.46. The molecule has 0 bridgehead atoms. The summed E-state index contributed by atoms with van der Waals surface area (Å²) in [6, 6.07) is 11.0. The Bertz CT molecular complexity index is 1400. The molecule has 1 fully saturated rings. The Kier molecular flexibility index (Phi) is 10.8. The molecule has 3 amide bonds. The van der Waals surface area contributed by atoms with Crippen LogP contribution in [0.2, 0.25) is 5.02 Å². The van der Waals surface area contributed by atoms with Gasteiger partial charge in [-0.15, -0.1) is 0 Å². The molecule has 4 rings (SSSR count). The SMILES string of the molecule is CN(C(=O)CCc1cccc(F)c1Cl)[C@@H](CCC(=O)N1CCNCC1)COC(=O)Nc1cc(-c2cccc(F)c2)no1. The first-order chi connectivity index (χ1) is 20.2. The number of piperazine rings is 1. The van der Waals surface area contributed by atoms with Gasteiger partial charge in [0, 0.05) is 57.7 Å². The molecular formula is C29H32ClF2N5O5. The van der Waals surface area contributed by atoms with Crippen LogP contribution < -0.4 is 10.6 Å². The summed E-state index contributed by atoms with van der Waals surface area (Å²) in [6.07, 6.45) is -0.197. The van der Waals surface area contributed by atoms with E-state index < -0.39 is 23.8 Å². The maximum Gasteiger partial charge on any atom is 0.414 e. The summed E-state index contributed by atoms with van der Waals surface area (Å²) in [7, 11) is 1.57. The van der Waals surface area contributed by atoms with Gasteiger partial charge in [-0.05, 0) is 36.6 Å². The van der Waals surface area contributed by atoms with E-state index in [0.717, 1.165) is 0 Å². The molecule has 0 saturated carbocycles. The van der Waals surface area contributed by atoms with Gasteiger partial charge in [0.25, 0.3) is 0 Å². The average molecular weight is 604 g/mol. The number of benzene rings is 2. The predicted octanol–water partition coefficient (Wildman–Crippen LogP) is 4.49. The number of hydrogen-bond acceptors (Lipinski definition) is 7. The zero-order valence-corrected chi connectivity index (χ0v) is 23.8. The van der Waals surface area contributed by atoms with Gasteiger partial charge in [0.05, 0.1) is 11.1 Å². The summed E-state index contributed by atoms with van der Waals surface area (Å²) in [5, 5.41) is 9.43. The van der Waals surface area contributed by atoms with Crippen molar-refractivity contribution in [3.05, 3.63) is 70.8 Å². The first-order valence-corrected chi connectivity index (χ1v) is 13.9. The van der Waals surface area contributed by atoms with Gasteiger partial charge in [0.2, 0.25) is 17.7 Å². The van der Waals surface area contributed by atoms with E-state index in [1.165, 1.54) is 41.3 Å². The molecule has 0 unspecified atom stereocenters. The number of amides is 3. The number of ether oxygens (including phenoxy) is 1. The van der Waals surface area contributed by atoms with Crippen LogP contribution in [-0.2, 0) is 20.7 Å². The number of aromatic nitrogens is 1. The van der Waals surface area contributed by atoms with Crippen LogP contribution in [0, 0.1) is 11.6 Å². The summed E-state index contributed by atoms with van der Waals surface area (Å²) in [5.74, 6) is -1.35. The predicted molar refractivity (Wildman–Crippen MR) is 152 cm³/mol. The fraction of sp³-hybridized carbons (Fsp3) is 0.379. The molecule has 0 spiro atoms. The van der Waals surface area contributed by atoms with E-state index in [2.05, 4.69) is 15.8 Å². The van der Waals surface area contributed by atoms with Gasteiger partial charge in [0.1, 0.15) is 23.9 Å². The van der Waals surface area contributed by atoms with Crippen LogP contribution in [0.1, 0.15) is 24.8 Å². The highest BCUT2D eigenvalue weighted by Crippen LogP contribution is 2.23. The summed E-state index contributed by atoms with van der Waals surface area (Å²) in [4.78, 5) is 41.6. The first kappa shape index (κ1) is 30.9. The number of aryl methyl sites for hydroxylation is 1. The Balaban J connectivity index is 1.36. The Morgan fingerprint density at radius 3 is 2.67 bits per heavy atom. The minimum atomic E-state index is -0.859. The minimum Gasteiger partial charge on any atom is -0.447 e. The molecule has 10 nitrogen and oxygen atoms in total. The fourth-order valence-electron chi connectivity index (χ4n) is 4.54. The maximum atomic E-state index is 13.8. The lowest BCUT2D eigenvalue weighted by Crippen LogP contribution is -2.47. The van der Waals surface area contributed by atoms with Crippen molar-refractivity contribution < 1.29 is 32.4 Å². The molecule has 1 aliphatic heterocycles. The van der Waals surface area contributed by atoms with Crippen LogP contribution in [0.25, 0.3) is 11.3 Å². The Morgan fingerprint density at radius 1 is 1.14 bits per heavy atom. The topological polar surface area (TPSA) is 117 Å². The smallest absolute Gasteiger partial charge is 0.414 e. The van der Waals surface area contributed by atoms with Crippen molar-refractivity contribution in [2.45, 2.75) is 31.7 Å². The van der Waals surface area contributed by atoms with E-state index in [1.54, 1.807) is 24.1 Å². The molecule has 0 radical (unpaired) electrons. The van der Waals surface area contributed by atoms with E-state index in [4.69, 9.17) is 20.9 Å². The van der Waals surface area contributed by atoms with E-state index in [-0.39, 0.29) is 55.0 Å². The molecule has 1 aliphatic rings. The third-order valence-electron chi connectivity index (χ3n) is 7.00. The van der Waals surface area contributed by atoms with Crippen LogP contribution in [-0.4, -0.2) is 78.7 Å². The normalized spacial score (nSPS) is 13.9. The minimum absolute atomic E-state index is 0.0129. The van der Waals surface area contributed by atoms with Crippen LogP contribution in [0.3, 0.4) is 0 Å². The van der Waals surface area contributed by atoms with Crippen LogP contribution in [0.5, 0.6) is 0 Å². The van der Waals surface area contributed by atoms with Crippen molar-refractivity contribution in [1.82, 2.24) is 20.3 Å². The van der Waals surface area contributed by atoms with E-state index >= 15 is 0 Å². The first-order valence-electron chi connectivity index (χ1n) is 13.5. The number of hydrogen-bond donors (Lipinski definition) is 2. The Labute approximate surface area is 246 Å². The molecule has 3 aromatic rings. The number of carbonyl (C=O) groups excluding carboxylic acids is 3. The molecule has 0 aliphatic carbocycles. The summed E-state index contributed by atoms with van der Waals surface area (Å²) < 4.78 is 37.9. The van der Waals surface area contributed by atoms with Crippen molar-refractivity contribution in [2.24, 2.45) is 0 Å². The Hall–Kier alpha value is -4.03. The van der Waals surface area contributed by atoms with Gasteiger partial charge < -0.3 is 24.4 Å². The van der Waals surface area contributed by atoms with Gasteiger partial charge in [0.15, 0.2) is 0 Å². The number of nitrogens with one attached hydrogen (secondary N) is 2. The largest absolute Gasteiger partial charge is 0.447 e. The van der Waals surface area contributed by atoms with E-state index in [9.17, 15) is 23.2 Å². The molecule has 1 atom stereocenters. The number of halogens is 3. The van der Waals surface area contributed by atoms with Gasteiger partial charge >= 0.3 is 6.09 Å². The van der Waals surface area contributed by atoms with Crippen LogP contribution in [0.15, 0.2) is 53.1 Å². The van der Waals surface area contributed by atoms with Crippen molar-refractivity contribution >= 4 is 35.4 Å². The van der Waals surface area contributed by atoms with Gasteiger partial charge in [-0.2, -0.15) is 0 Å². The summed E-state index contributed by atoms with van der Waals surface area (Å²) >= 11 is 6.03. The lowest BCUT2D eigenvalue weighted by atomic mass is 10.1. The molecular weight excluding hydrogens is 572 g/mol. The molecule has 224 valence electrons. The molecule has 13 heteroatoms.